The molecule has 5 nitrogen and oxygen atoms in total. The first-order chi connectivity index (χ1) is 23.0. The van der Waals surface area contributed by atoms with Crippen molar-refractivity contribution in [1.82, 2.24) is 0 Å². The van der Waals surface area contributed by atoms with Gasteiger partial charge in [-0.3, -0.25) is 14.4 Å². The maximum Gasteiger partial charge on any atom is 0.306 e. The lowest BCUT2D eigenvalue weighted by atomic mass is 10.0. The van der Waals surface area contributed by atoms with Crippen LogP contribution in [0, 0.1) is 0 Å². The molecule has 0 saturated carbocycles. The summed E-state index contributed by atoms with van der Waals surface area (Å²) in [5.41, 5.74) is 0. The molecular formula is C42H80O5. The molecule has 0 spiro atoms. The van der Waals surface area contributed by atoms with Gasteiger partial charge in [0.25, 0.3) is 0 Å². The van der Waals surface area contributed by atoms with Gasteiger partial charge in [0.15, 0.2) is 0 Å². The Morgan fingerprint density at radius 1 is 0.362 bits per heavy atom. The number of unbranched alkanes of at least 4 members (excludes halogenated alkanes) is 20. The zero-order chi connectivity index (χ0) is 34.6. The van der Waals surface area contributed by atoms with Crippen LogP contribution >= 0.6 is 0 Å². The van der Waals surface area contributed by atoms with Crippen LogP contribution in [0.4, 0.5) is 0 Å². The summed E-state index contributed by atoms with van der Waals surface area (Å²) in [6, 6.07) is 0. The zero-order valence-corrected chi connectivity index (χ0v) is 32.0. The largest absolute Gasteiger partial charge is 0.462 e. The van der Waals surface area contributed by atoms with E-state index < -0.39 is 0 Å². The summed E-state index contributed by atoms with van der Waals surface area (Å²) in [5.74, 6) is 0.326. The van der Waals surface area contributed by atoms with Crippen LogP contribution in [0.1, 0.15) is 240 Å². The fourth-order valence-electron chi connectivity index (χ4n) is 6.39. The molecule has 0 saturated heterocycles. The van der Waals surface area contributed by atoms with Crippen LogP contribution in [0.2, 0.25) is 0 Å². The van der Waals surface area contributed by atoms with Crippen LogP contribution in [-0.2, 0) is 23.9 Å². The Kier molecular flexibility index (Phi) is 34.8. The fourth-order valence-corrected chi connectivity index (χ4v) is 6.39. The SMILES string of the molecule is CCCCCCCCC(CCCCCCCC)OC(=O)CCCCCCCC(=O)CCCCCCCC(=O)OC(CC)CCCCC. The van der Waals surface area contributed by atoms with E-state index in [0.29, 0.717) is 31.5 Å². The van der Waals surface area contributed by atoms with Crippen molar-refractivity contribution in [2.75, 3.05) is 0 Å². The highest BCUT2D eigenvalue weighted by molar-refractivity contribution is 5.78. The van der Waals surface area contributed by atoms with E-state index >= 15 is 0 Å². The summed E-state index contributed by atoms with van der Waals surface area (Å²) in [7, 11) is 0. The van der Waals surface area contributed by atoms with E-state index in [0.717, 1.165) is 96.3 Å². The molecule has 1 atom stereocenters. The van der Waals surface area contributed by atoms with Crippen molar-refractivity contribution < 1.29 is 23.9 Å². The lowest BCUT2D eigenvalue weighted by Crippen LogP contribution is -2.18. The van der Waals surface area contributed by atoms with Crippen LogP contribution in [0.5, 0.6) is 0 Å². The summed E-state index contributed by atoms with van der Waals surface area (Å²) >= 11 is 0. The zero-order valence-electron chi connectivity index (χ0n) is 32.0. The van der Waals surface area contributed by atoms with Crippen LogP contribution in [0.3, 0.4) is 0 Å². The molecule has 0 bridgehead atoms. The second kappa shape index (κ2) is 35.9. The molecule has 0 fully saturated rings. The van der Waals surface area contributed by atoms with E-state index in [2.05, 4.69) is 27.7 Å². The molecule has 1 unspecified atom stereocenters. The number of Topliss-reactive ketones (excluding diaryl/α,β-unsaturated/α-hetero) is 1. The molecule has 5 heteroatoms. The normalized spacial score (nSPS) is 12.0. The lowest BCUT2D eigenvalue weighted by Gasteiger charge is -2.18. The highest BCUT2D eigenvalue weighted by Gasteiger charge is 2.15. The van der Waals surface area contributed by atoms with Crippen LogP contribution in [0.15, 0.2) is 0 Å². The van der Waals surface area contributed by atoms with Crippen molar-refractivity contribution in [2.24, 2.45) is 0 Å². The molecule has 0 rings (SSSR count). The van der Waals surface area contributed by atoms with E-state index in [1.54, 1.807) is 0 Å². The quantitative estimate of drug-likeness (QED) is 0.0488. The minimum atomic E-state index is -0.0466. The number of ether oxygens (including phenoxy) is 2. The maximum absolute atomic E-state index is 12.6. The number of ketones is 1. The Hall–Kier alpha value is -1.39. The minimum Gasteiger partial charge on any atom is -0.462 e. The second-order valence-corrected chi connectivity index (χ2v) is 14.3. The molecule has 0 aliphatic carbocycles. The molecule has 0 aromatic carbocycles. The topological polar surface area (TPSA) is 69.7 Å². The van der Waals surface area contributed by atoms with Gasteiger partial charge < -0.3 is 9.47 Å². The number of hydrogen-bond acceptors (Lipinski definition) is 5. The Morgan fingerprint density at radius 2 is 0.660 bits per heavy atom. The van der Waals surface area contributed by atoms with Gasteiger partial charge in [-0.05, 0) is 70.6 Å². The lowest BCUT2D eigenvalue weighted by molar-refractivity contribution is -0.150. The van der Waals surface area contributed by atoms with Crippen LogP contribution in [0.25, 0.3) is 0 Å². The molecule has 0 heterocycles. The van der Waals surface area contributed by atoms with E-state index in [9.17, 15) is 14.4 Å². The predicted molar refractivity (Wildman–Crippen MR) is 200 cm³/mol. The summed E-state index contributed by atoms with van der Waals surface area (Å²) in [4.78, 5) is 37.0. The molecule has 0 aliphatic rings. The third-order valence-electron chi connectivity index (χ3n) is 9.61. The van der Waals surface area contributed by atoms with Gasteiger partial charge in [0, 0.05) is 25.7 Å². The molecule has 47 heavy (non-hydrogen) atoms. The molecule has 278 valence electrons. The van der Waals surface area contributed by atoms with Gasteiger partial charge >= 0.3 is 11.9 Å². The smallest absolute Gasteiger partial charge is 0.306 e. The Balaban J connectivity index is 3.86. The number of carbonyl (C=O) groups is 3. The van der Waals surface area contributed by atoms with Gasteiger partial charge in [-0.15, -0.1) is 0 Å². The number of rotatable bonds is 37. The van der Waals surface area contributed by atoms with Gasteiger partial charge in [-0.1, -0.05) is 143 Å². The number of hydrogen-bond donors (Lipinski definition) is 0. The first-order valence-electron chi connectivity index (χ1n) is 20.9. The van der Waals surface area contributed by atoms with Crippen molar-refractivity contribution in [3.63, 3.8) is 0 Å². The van der Waals surface area contributed by atoms with Crippen molar-refractivity contribution in [1.29, 1.82) is 0 Å². The molecule has 0 radical (unpaired) electrons. The van der Waals surface area contributed by atoms with Gasteiger partial charge in [-0.25, -0.2) is 0 Å². The summed E-state index contributed by atoms with van der Waals surface area (Å²) in [6.07, 6.45) is 35.4. The van der Waals surface area contributed by atoms with Gasteiger partial charge in [0.1, 0.15) is 18.0 Å². The Morgan fingerprint density at radius 3 is 1.09 bits per heavy atom. The van der Waals surface area contributed by atoms with Gasteiger partial charge in [0.2, 0.25) is 0 Å². The maximum atomic E-state index is 12.6. The summed E-state index contributed by atoms with van der Waals surface area (Å²) in [5, 5.41) is 0. The first-order valence-corrected chi connectivity index (χ1v) is 20.9. The van der Waals surface area contributed by atoms with E-state index in [1.807, 2.05) is 0 Å². The average molecular weight is 665 g/mol. The third-order valence-corrected chi connectivity index (χ3v) is 9.61. The molecule has 0 N–H and O–H groups in total. The predicted octanol–water partition coefficient (Wildman–Crippen LogP) is 13.3. The van der Waals surface area contributed by atoms with Crippen LogP contribution < -0.4 is 0 Å². The highest BCUT2D eigenvalue weighted by Crippen LogP contribution is 2.19. The number of esters is 2. The molecule has 0 aromatic rings. The summed E-state index contributed by atoms with van der Waals surface area (Å²) in [6.45, 7) is 8.79. The van der Waals surface area contributed by atoms with Gasteiger partial charge in [-0.2, -0.15) is 0 Å². The molecule has 0 aromatic heterocycles. The minimum absolute atomic E-state index is 0.00925. The van der Waals surface area contributed by atoms with E-state index in [4.69, 9.17) is 9.47 Å². The second-order valence-electron chi connectivity index (χ2n) is 14.3. The highest BCUT2D eigenvalue weighted by atomic mass is 16.5. The summed E-state index contributed by atoms with van der Waals surface area (Å²) < 4.78 is 11.6. The van der Waals surface area contributed by atoms with Crippen LogP contribution in [-0.4, -0.2) is 29.9 Å². The number of carbonyl (C=O) groups excluding carboxylic acids is 3. The Labute approximate surface area is 292 Å². The van der Waals surface area contributed by atoms with Crippen molar-refractivity contribution >= 4 is 17.7 Å². The average Bonchev–Trinajstić information content (AvgIpc) is 3.06. The van der Waals surface area contributed by atoms with E-state index in [-0.39, 0.29) is 24.1 Å². The molecular weight excluding hydrogens is 584 g/mol. The van der Waals surface area contributed by atoms with Crippen molar-refractivity contribution in [3.05, 3.63) is 0 Å². The third kappa shape index (κ3) is 32.9. The first kappa shape index (κ1) is 45.6. The Bertz CT molecular complexity index is 689. The van der Waals surface area contributed by atoms with Crippen molar-refractivity contribution in [3.8, 4) is 0 Å². The standard InChI is InChI=1S/C42H80O5/c1-5-9-12-14-20-27-34-40(35-28-21-15-13-10-6-2)47-42(45)37-30-23-17-19-26-32-38(43)31-25-18-16-22-29-36-41(44)46-39(8-4)33-24-11-7-3/h39-40H,5-37H2,1-4H3. The van der Waals surface area contributed by atoms with Crippen molar-refractivity contribution in [2.45, 2.75) is 252 Å². The molecule has 0 amide bonds. The fraction of sp³-hybridized carbons (Fsp3) is 0.929. The van der Waals surface area contributed by atoms with Gasteiger partial charge in [0.05, 0.1) is 0 Å². The van der Waals surface area contributed by atoms with E-state index in [1.165, 1.54) is 89.9 Å². The monoisotopic (exact) mass is 665 g/mol. The molecule has 0 aliphatic heterocycles.